The molecule has 0 fully saturated rings. The summed E-state index contributed by atoms with van der Waals surface area (Å²) in [5.74, 6) is -1.89. The summed E-state index contributed by atoms with van der Waals surface area (Å²) in [6.07, 6.45) is 1.86. The number of amides is 1. The normalized spacial score (nSPS) is 12.0. The van der Waals surface area contributed by atoms with E-state index in [0.29, 0.717) is 12.0 Å². The summed E-state index contributed by atoms with van der Waals surface area (Å²) in [6, 6.07) is 7.73. The second-order valence-electron chi connectivity index (χ2n) is 5.70. The third kappa shape index (κ3) is 4.18. The molecule has 2 aromatic rings. The van der Waals surface area contributed by atoms with Gasteiger partial charge in [0.2, 0.25) is 0 Å². The molecule has 0 saturated heterocycles. The predicted molar refractivity (Wildman–Crippen MR) is 86.3 cm³/mol. The Morgan fingerprint density at radius 1 is 1.26 bits per heavy atom. The van der Waals surface area contributed by atoms with Crippen LogP contribution in [0.25, 0.3) is 0 Å². The molecule has 0 aliphatic heterocycles. The van der Waals surface area contributed by atoms with Crippen molar-refractivity contribution >= 4 is 11.9 Å². The predicted octanol–water partition coefficient (Wildman–Crippen LogP) is 1.71. The van der Waals surface area contributed by atoms with Crippen LogP contribution in [0.1, 0.15) is 27.2 Å². The van der Waals surface area contributed by atoms with Crippen molar-refractivity contribution in [2.75, 3.05) is 6.54 Å². The van der Waals surface area contributed by atoms with Crippen molar-refractivity contribution in [2.24, 2.45) is 13.0 Å². The van der Waals surface area contributed by atoms with Crippen LogP contribution in [0.3, 0.4) is 0 Å². The van der Waals surface area contributed by atoms with Crippen LogP contribution in [0.4, 0.5) is 0 Å². The van der Waals surface area contributed by atoms with Crippen LogP contribution in [0, 0.1) is 19.8 Å². The van der Waals surface area contributed by atoms with Crippen molar-refractivity contribution in [3.63, 3.8) is 0 Å². The molecule has 1 atom stereocenters. The highest BCUT2D eigenvalue weighted by Gasteiger charge is 2.20. The molecule has 2 N–H and O–H groups in total. The highest BCUT2D eigenvalue weighted by atomic mass is 16.4. The third-order valence-corrected chi connectivity index (χ3v) is 3.94. The van der Waals surface area contributed by atoms with Crippen molar-refractivity contribution < 1.29 is 14.7 Å². The average molecular weight is 315 g/mol. The standard InChI is InChI=1S/C17H21N3O3/c1-11-4-6-13(7-5-11)8-14(17(22)23)9-18-16(21)15-10-19-20(3)12(15)2/h4-7,10,14H,8-9H2,1-3H3,(H,18,21)(H,22,23). The number of hydrogen-bond donors (Lipinski definition) is 2. The fraction of sp³-hybridized carbons (Fsp3) is 0.353. The number of carbonyl (C=O) groups is 2. The fourth-order valence-corrected chi connectivity index (χ4v) is 2.29. The maximum Gasteiger partial charge on any atom is 0.308 e. The summed E-state index contributed by atoms with van der Waals surface area (Å²) in [5.41, 5.74) is 3.27. The van der Waals surface area contributed by atoms with Gasteiger partial charge in [0.15, 0.2) is 0 Å². The van der Waals surface area contributed by atoms with Gasteiger partial charge in [-0.3, -0.25) is 14.3 Å². The number of aryl methyl sites for hydroxylation is 2. The molecule has 0 saturated carbocycles. The zero-order valence-corrected chi connectivity index (χ0v) is 13.5. The van der Waals surface area contributed by atoms with Crippen molar-refractivity contribution in [1.82, 2.24) is 15.1 Å². The number of carbonyl (C=O) groups excluding carboxylic acids is 1. The molecule has 0 radical (unpaired) electrons. The second kappa shape index (κ2) is 7.09. The lowest BCUT2D eigenvalue weighted by Gasteiger charge is -2.13. The van der Waals surface area contributed by atoms with E-state index in [9.17, 15) is 14.7 Å². The average Bonchev–Trinajstić information content (AvgIpc) is 2.84. The van der Waals surface area contributed by atoms with E-state index in [4.69, 9.17) is 0 Å². The van der Waals surface area contributed by atoms with E-state index in [0.717, 1.165) is 16.8 Å². The van der Waals surface area contributed by atoms with E-state index < -0.39 is 11.9 Å². The van der Waals surface area contributed by atoms with Crippen LogP contribution in [-0.2, 0) is 18.3 Å². The first-order valence-corrected chi connectivity index (χ1v) is 7.43. The lowest BCUT2D eigenvalue weighted by atomic mass is 9.98. The minimum absolute atomic E-state index is 0.0797. The van der Waals surface area contributed by atoms with E-state index in [2.05, 4.69) is 10.4 Å². The van der Waals surface area contributed by atoms with E-state index in [-0.39, 0.29) is 12.5 Å². The largest absolute Gasteiger partial charge is 0.481 e. The molecule has 1 unspecified atom stereocenters. The van der Waals surface area contributed by atoms with Gasteiger partial charge in [-0.1, -0.05) is 29.8 Å². The Morgan fingerprint density at radius 3 is 2.43 bits per heavy atom. The lowest BCUT2D eigenvalue weighted by Crippen LogP contribution is -2.34. The summed E-state index contributed by atoms with van der Waals surface area (Å²) in [5, 5.41) is 16.1. The molecule has 1 aromatic heterocycles. The summed E-state index contributed by atoms with van der Waals surface area (Å²) in [4.78, 5) is 23.6. The number of aromatic nitrogens is 2. The molecule has 1 heterocycles. The second-order valence-corrected chi connectivity index (χ2v) is 5.70. The van der Waals surface area contributed by atoms with Gasteiger partial charge in [-0.2, -0.15) is 5.10 Å². The van der Waals surface area contributed by atoms with Crippen molar-refractivity contribution in [3.8, 4) is 0 Å². The van der Waals surface area contributed by atoms with Gasteiger partial charge in [0.05, 0.1) is 17.7 Å². The SMILES string of the molecule is Cc1ccc(CC(CNC(=O)c2cnn(C)c2C)C(=O)O)cc1. The van der Waals surface area contributed by atoms with Gasteiger partial charge in [0.1, 0.15) is 0 Å². The Kier molecular flexibility index (Phi) is 5.16. The number of nitrogens with zero attached hydrogens (tertiary/aromatic N) is 2. The van der Waals surface area contributed by atoms with Crippen molar-refractivity contribution in [2.45, 2.75) is 20.3 Å². The van der Waals surface area contributed by atoms with E-state index in [1.807, 2.05) is 31.2 Å². The molecule has 6 nitrogen and oxygen atoms in total. The van der Waals surface area contributed by atoms with Crippen molar-refractivity contribution in [1.29, 1.82) is 0 Å². The first-order valence-electron chi connectivity index (χ1n) is 7.43. The number of aliphatic carboxylic acids is 1. The highest BCUT2D eigenvalue weighted by molar-refractivity contribution is 5.95. The topological polar surface area (TPSA) is 84.2 Å². The van der Waals surface area contributed by atoms with E-state index in [1.54, 1.807) is 18.7 Å². The fourth-order valence-electron chi connectivity index (χ4n) is 2.29. The molecular weight excluding hydrogens is 294 g/mol. The number of benzene rings is 1. The minimum atomic E-state index is -0.922. The van der Waals surface area contributed by atoms with Gasteiger partial charge in [0.25, 0.3) is 5.91 Å². The summed E-state index contributed by atoms with van der Waals surface area (Å²) >= 11 is 0. The van der Waals surface area contributed by atoms with Gasteiger partial charge in [-0.15, -0.1) is 0 Å². The van der Waals surface area contributed by atoms with Crippen LogP contribution < -0.4 is 5.32 Å². The number of rotatable bonds is 6. The number of nitrogens with one attached hydrogen (secondary N) is 1. The van der Waals surface area contributed by atoms with E-state index >= 15 is 0 Å². The van der Waals surface area contributed by atoms with Crippen LogP contribution in [0.15, 0.2) is 30.5 Å². The highest BCUT2D eigenvalue weighted by Crippen LogP contribution is 2.11. The molecule has 2 rings (SSSR count). The summed E-state index contributed by atoms with van der Waals surface area (Å²) in [6.45, 7) is 3.86. The summed E-state index contributed by atoms with van der Waals surface area (Å²) < 4.78 is 1.61. The summed E-state index contributed by atoms with van der Waals surface area (Å²) in [7, 11) is 1.75. The van der Waals surface area contributed by atoms with Crippen molar-refractivity contribution in [3.05, 3.63) is 52.8 Å². The molecule has 122 valence electrons. The molecule has 23 heavy (non-hydrogen) atoms. The Bertz CT molecular complexity index is 704. The van der Waals surface area contributed by atoms with Gasteiger partial charge in [0, 0.05) is 19.3 Å². The first-order chi connectivity index (χ1) is 10.9. The zero-order valence-electron chi connectivity index (χ0n) is 13.5. The monoisotopic (exact) mass is 315 g/mol. The number of carboxylic acid groups (broad SMARTS) is 1. The molecule has 1 aromatic carbocycles. The van der Waals surface area contributed by atoms with Gasteiger partial charge in [-0.05, 0) is 25.8 Å². The molecule has 0 spiro atoms. The molecule has 0 aliphatic rings. The zero-order chi connectivity index (χ0) is 17.0. The Balaban J connectivity index is 2.00. The van der Waals surface area contributed by atoms with Crippen LogP contribution in [-0.4, -0.2) is 33.3 Å². The van der Waals surface area contributed by atoms with Gasteiger partial charge in [-0.25, -0.2) is 0 Å². The number of carboxylic acids is 1. The van der Waals surface area contributed by atoms with Crippen LogP contribution in [0.2, 0.25) is 0 Å². The molecule has 0 aliphatic carbocycles. The minimum Gasteiger partial charge on any atom is -0.481 e. The maximum absolute atomic E-state index is 12.1. The Hall–Kier alpha value is -2.63. The third-order valence-electron chi connectivity index (χ3n) is 3.94. The number of hydrogen-bond acceptors (Lipinski definition) is 3. The molecular formula is C17H21N3O3. The molecule has 1 amide bonds. The lowest BCUT2D eigenvalue weighted by molar-refractivity contribution is -0.141. The quantitative estimate of drug-likeness (QED) is 0.850. The molecule has 6 heteroatoms. The van der Waals surface area contributed by atoms with Gasteiger partial charge < -0.3 is 10.4 Å². The Labute approximate surface area is 135 Å². The maximum atomic E-state index is 12.1. The van der Waals surface area contributed by atoms with Crippen LogP contribution >= 0.6 is 0 Å². The Morgan fingerprint density at radius 2 is 1.91 bits per heavy atom. The molecule has 0 bridgehead atoms. The van der Waals surface area contributed by atoms with E-state index in [1.165, 1.54) is 6.20 Å². The van der Waals surface area contributed by atoms with Gasteiger partial charge >= 0.3 is 5.97 Å². The smallest absolute Gasteiger partial charge is 0.308 e. The van der Waals surface area contributed by atoms with Crippen LogP contribution in [0.5, 0.6) is 0 Å². The first kappa shape index (κ1) is 16.7.